The van der Waals surface area contributed by atoms with Gasteiger partial charge < -0.3 is 10.1 Å². The van der Waals surface area contributed by atoms with E-state index in [0.29, 0.717) is 12.5 Å². The summed E-state index contributed by atoms with van der Waals surface area (Å²) in [4.78, 5) is 12.1. The largest absolute Gasteiger partial charge is 0.378 e. The summed E-state index contributed by atoms with van der Waals surface area (Å²) in [6.07, 6.45) is 4.97. The van der Waals surface area contributed by atoms with Crippen LogP contribution in [0.25, 0.3) is 0 Å². The lowest BCUT2D eigenvalue weighted by Gasteiger charge is -2.18. The van der Waals surface area contributed by atoms with E-state index in [-0.39, 0.29) is 23.7 Å². The molecule has 0 aliphatic carbocycles. The third kappa shape index (κ3) is 5.41. The number of halogens is 1. The Balaban J connectivity index is 1.72. The molecule has 122 valence electrons. The number of carbonyl (C=O) groups is 1. The summed E-state index contributed by atoms with van der Waals surface area (Å²) in [7, 11) is 0. The van der Waals surface area contributed by atoms with E-state index in [0.717, 1.165) is 37.9 Å². The average molecular weight is 307 g/mol. The molecule has 1 aliphatic rings. The quantitative estimate of drug-likeness (QED) is 0.832. The fraction of sp³-hybridized carbons (Fsp3) is 0.611. The molecule has 0 radical (unpaired) electrons. The second-order valence-electron chi connectivity index (χ2n) is 6.34. The number of rotatable bonds is 7. The van der Waals surface area contributed by atoms with Crippen LogP contribution in [0.4, 0.5) is 4.39 Å². The number of benzene rings is 1. The molecule has 4 heteroatoms. The summed E-state index contributed by atoms with van der Waals surface area (Å²) >= 11 is 0. The zero-order valence-electron chi connectivity index (χ0n) is 13.5. The molecular formula is C18H26FNO2. The summed E-state index contributed by atoms with van der Waals surface area (Å²) < 4.78 is 18.8. The maximum absolute atomic E-state index is 13.2. The van der Waals surface area contributed by atoms with Crippen LogP contribution in [0.3, 0.4) is 0 Å². The van der Waals surface area contributed by atoms with Crippen molar-refractivity contribution in [3.8, 4) is 0 Å². The van der Waals surface area contributed by atoms with Gasteiger partial charge in [0.2, 0.25) is 5.91 Å². The summed E-state index contributed by atoms with van der Waals surface area (Å²) in [5.74, 6) is -0.215. The van der Waals surface area contributed by atoms with Gasteiger partial charge in [0.25, 0.3) is 0 Å². The van der Waals surface area contributed by atoms with Crippen LogP contribution in [0, 0.1) is 5.82 Å². The van der Waals surface area contributed by atoms with Crippen LogP contribution in [-0.4, -0.2) is 24.7 Å². The van der Waals surface area contributed by atoms with Crippen molar-refractivity contribution < 1.29 is 13.9 Å². The molecule has 1 N–H and O–H groups in total. The Morgan fingerprint density at radius 1 is 1.45 bits per heavy atom. The number of hydrogen-bond acceptors (Lipinski definition) is 2. The lowest BCUT2D eigenvalue weighted by molar-refractivity contribution is -0.122. The predicted molar refractivity (Wildman–Crippen MR) is 85.2 cm³/mol. The summed E-state index contributed by atoms with van der Waals surface area (Å²) in [6, 6.07) is 6.62. The number of nitrogens with one attached hydrogen (secondary N) is 1. The minimum atomic E-state index is -0.255. The first-order valence-electron chi connectivity index (χ1n) is 8.21. The van der Waals surface area contributed by atoms with Crippen molar-refractivity contribution in [3.63, 3.8) is 0 Å². The molecule has 3 nitrogen and oxygen atoms in total. The van der Waals surface area contributed by atoms with Gasteiger partial charge in [0.05, 0.1) is 6.10 Å². The van der Waals surface area contributed by atoms with Crippen LogP contribution in [-0.2, 0) is 9.53 Å². The van der Waals surface area contributed by atoms with Crippen molar-refractivity contribution in [1.29, 1.82) is 0 Å². The SMILES string of the molecule is C[C@H](CC[C@H]1CCCO1)NC(=O)C[C@@H](C)c1cccc(F)c1. The van der Waals surface area contributed by atoms with Crippen molar-refractivity contribution >= 4 is 5.91 Å². The Bertz CT molecular complexity index is 486. The van der Waals surface area contributed by atoms with Gasteiger partial charge in [0, 0.05) is 19.1 Å². The Morgan fingerprint density at radius 3 is 2.95 bits per heavy atom. The highest BCUT2D eigenvalue weighted by Gasteiger charge is 2.18. The minimum Gasteiger partial charge on any atom is -0.378 e. The lowest BCUT2D eigenvalue weighted by Crippen LogP contribution is -2.33. The Labute approximate surface area is 132 Å². The van der Waals surface area contributed by atoms with E-state index in [1.54, 1.807) is 6.07 Å². The molecule has 0 aromatic heterocycles. The molecule has 0 bridgehead atoms. The number of carbonyl (C=O) groups excluding carboxylic acids is 1. The molecule has 2 rings (SSSR count). The van der Waals surface area contributed by atoms with Crippen molar-refractivity contribution in [2.24, 2.45) is 0 Å². The van der Waals surface area contributed by atoms with Gasteiger partial charge in [-0.3, -0.25) is 4.79 Å². The van der Waals surface area contributed by atoms with Crippen LogP contribution in [0.1, 0.15) is 57.4 Å². The molecule has 22 heavy (non-hydrogen) atoms. The first kappa shape index (κ1) is 16.9. The van der Waals surface area contributed by atoms with E-state index in [9.17, 15) is 9.18 Å². The fourth-order valence-electron chi connectivity index (χ4n) is 2.92. The van der Waals surface area contributed by atoms with Gasteiger partial charge in [-0.25, -0.2) is 4.39 Å². The Kier molecular flexibility index (Phi) is 6.37. The highest BCUT2D eigenvalue weighted by atomic mass is 19.1. The maximum atomic E-state index is 13.2. The Morgan fingerprint density at radius 2 is 2.27 bits per heavy atom. The topological polar surface area (TPSA) is 38.3 Å². The first-order valence-corrected chi connectivity index (χ1v) is 8.21. The standard InChI is InChI=1S/C18H26FNO2/c1-13(15-5-3-6-16(19)12-15)11-18(21)20-14(2)8-9-17-7-4-10-22-17/h3,5-6,12-14,17H,4,7-11H2,1-2H3,(H,20,21)/t13-,14-,17-/m1/s1. The van der Waals surface area contributed by atoms with E-state index in [2.05, 4.69) is 5.32 Å². The highest BCUT2D eigenvalue weighted by Crippen LogP contribution is 2.20. The zero-order valence-corrected chi connectivity index (χ0v) is 13.5. The van der Waals surface area contributed by atoms with Gasteiger partial charge in [-0.15, -0.1) is 0 Å². The van der Waals surface area contributed by atoms with E-state index < -0.39 is 0 Å². The summed E-state index contributed by atoms with van der Waals surface area (Å²) in [5, 5.41) is 3.03. The molecule has 1 saturated heterocycles. The third-order valence-corrected chi connectivity index (χ3v) is 4.26. The van der Waals surface area contributed by atoms with Crippen molar-refractivity contribution in [3.05, 3.63) is 35.6 Å². The monoisotopic (exact) mass is 307 g/mol. The van der Waals surface area contributed by atoms with E-state index in [1.165, 1.54) is 12.1 Å². The molecule has 1 aromatic carbocycles. The van der Waals surface area contributed by atoms with Crippen molar-refractivity contribution in [2.75, 3.05) is 6.61 Å². The van der Waals surface area contributed by atoms with Crippen LogP contribution in [0.5, 0.6) is 0 Å². The molecule has 0 unspecified atom stereocenters. The molecule has 1 heterocycles. The molecule has 0 spiro atoms. The van der Waals surface area contributed by atoms with Crippen LogP contribution in [0.2, 0.25) is 0 Å². The smallest absolute Gasteiger partial charge is 0.220 e. The summed E-state index contributed by atoms with van der Waals surface area (Å²) in [6.45, 7) is 4.85. The number of hydrogen-bond donors (Lipinski definition) is 1. The number of ether oxygens (including phenoxy) is 1. The average Bonchev–Trinajstić information content (AvgIpc) is 2.98. The van der Waals surface area contributed by atoms with Gasteiger partial charge in [0.15, 0.2) is 0 Å². The zero-order chi connectivity index (χ0) is 15.9. The van der Waals surface area contributed by atoms with E-state index >= 15 is 0 Å². The van der Waals surface area contributed by atoms with Gasteiger partial charge >= 0.3 is 0 Å². The van der Waals surface area contributed by atoms with E-state index in [4.69, 9.17) is 4.74 Å². The highest BCUT2D eigenvalue weighted by molar-refractivity contribution is 5.77. The molecular weight excluding hydrogens is 281 g/mol. The number of amides is 1. The van der Waals surface area contributed by atoms with Gasteiger partial charge in [0.1, 0.15) is 5.82 Å². The fourth-order valence-corrected chi connectivity index (χ4v) is 2.92. The van der Waals surface area contributed by atoms with Crippen molar-refractivity contribution in [2.45, 2.75) is 64.0 Å². The van der Waals surface area contributed by atoms with Crippen LogP contribution < -0.4 is 5.32 Å². The van der Waals surface area contributed by atoms with Crippen LogP contribution in [0.15, 0.2) is 24.3 Å². The van der Waals surface area contributed by atoms with Crippen LogP contribution >= 0.6 is 0 Å². The molecule has 1 aliphatic heterocycles. The first-order chi connectivity index (χ1) is 10.5. The Hall–Kier alpha value is -1.42. The maximum Gasteiger partial charge on any atom is 0.220 e. The van der Waals surface area contributed by atoms with E-state index in [1.807, 2.05) is 19.9 Å². The molecule has 1 aromatic rings. The van der Waals surface area contributed by atoms with Gasteiger partial charge in [-0.05, 0) is 56.2 Å². The molecule has 1 amide bonds. The second kappa shape index (κ2) is 8.28. The molecule has 0 saturated carbocycles. The summed E-state index contributed by atoms with van der Waals surface area (Å²) in [5.41, 5.74) is 0.863. The second-order valence-corrected chi connectivity index (χ2v) is 6.34. The lowest BCUT2D eigenvalue weighted by atomic mass is 9.97. The van der Waals surface area contributed by atoms with Gasteiger partial charge in [-0.1, -0.05) is 19.1 Å². The predicted octanol–water partition coefficient (Wildman–Crippen LogP) is 3.78. The molecule has 1 fully saturated rings. The minimum absolute atomic E-state index is 0.0149. The molecule has 3 atom stereocenters. The normalized spacial score (nSPS) is 20.6. The van der Waals surface area contributed by atoms with Gasteiger partial charge in [-0.2, -0.15) is 0 Å². The third-order valence-electron chi connectivity index (χ3n) is 4.26. The van der Waals surface area contributed by atoms with Crippen molar-refractivity contribution in [1.82, 2.24) is 5.32 Å².